The first kappa shape index (κ1) is 24.2. The van der Waals surface area contributed by atoms with Crippen molar-refractivity contribution in [2.75, 3.05) is 0 Å². The van der Waals surface area contributed by atoms with Crippen LogP contribution in [0.15, 0.2) is 12.2 Å². The molecule has 176 valence electrons. The van der Waals surface area contributed by atoms with Gasteiger partial charge in [-0.15, -0.1) is 0 Å². The summed E-state index contributed by atoms with van der Waals surface area (Å²) < 4.78 is 18.1. The minimum absolute atomic E-state index is 0.000277. The predicted octanol–water partition coefficient (Wildman–Crippen LogP) is 2.77. The molecule has 3 aliphatic rings. The molecule has 2 aliphatic heterocycles. The Hall–Kier alpha value is -1.44. The topological polar surface area (TPSA) is 102 Å². The van der Waals surface area contributed by atoms with Crippen LogP contribution in [-0.4, -0.2) is 57.8 Å². The molecule has 9 unspecified atom stereocenters. The lowest BCUT2D eigenvalue weighted by atomic mass is 9.59. The fourth-order valence-corrected chi connectivity index (χ4v) is 6.17. The highest BCUT2D eigenvalue weighted by Crippen LogP contribution is 2.56. The first-order valence-electron chi connectivity index (χ1n) is 11.4. The number of carbonyl (C=O) groups is 2. The van der Waals surface area contributed by atoms with Crippen LogP contribution < -0.4 is 0 Å². The van der Waals surface area contributed by atoms with Gasteiger partial charge in [-0.1, -0.05) is 20.4 Å². The molecule has 2 N–H and O–H groups in total. The van der Waals surface area contributed by atoms with E-state index in [2.05, 4.69) is 20.4 Å². The third-order valence-electron chi connectivity index (χ3n) is 7.70. The first-order valence-corrected chi connectivity index (χ1v) is 11.4. The van der Waals surface area contributed by atoms with Gasteiger partial charge in [0.2, 0.25) is 0 Å². The van der Waals surface area contributed by atoms with E-state index in [0.717, 1.165) is 5.57 Å². The molecule has 2 saturated heterocycles. The maximum absolute atomic E-state index is 12.0. The van der Waals surface area contributed by atoms with Gasteiger partial charge >= 0.3 is 11.9 Å². The van der Waals surface area contributed by atoms with Crippen molar-refractivity contribution >= 4 is 11.9 Å². The molecule has 2 bridgehead atoms. The number of esters is 2. The summed E-state index contributed by atoms with van der Waals surface area (Å²) in [4.78, 5) is 23.8. The standard InChI is InChI=1S/C24H38O7/c1-12(2)16-10-17(29-14(4)25)13(3)20-18-11-23(6,28)19(27)8-9-24(7,31-15(5)26)22(30-18)21(16)20/h12,16-22,27-28H,3,8-11H2,1-2,4-7H3. The van der Waals surface area contributed by atoms with Gasteiger partial charge in [0.05, 0.1) is 17.8 Å². The molecule has 7 nitrogen and oxygen atoms in total. The second kappa shape index (κ2) is 8.49. The van der Waals surface area contributed by atoms with Gasteiger partial charge in [-0.05, 0) is 50.5 Å². The van der Waals surface area contributed by atoms with Crippen LogP contribution in [0.4, 0.5) is 0 Å². The molecular weight excluding hydrogens is 400 g/mol. The van der Waals surface area contributed by atoms with Gasteiger partial charge in [-0.2, -0.15) is 0 Å². The molecule has 0 radical (unpaired) electrons. The quantitative estimate of drug-likeness (QED) is 0.516. The second-order valence-corrected chi connectivity index (χ2v) is 10.5. The molecule has 9 atom stereocenters. The van der Waals surface area contributed by atoms with Gasteiger partial charge in [-0.3, -0.25) is 9.59 Å². The van der Waals surface area contributed by atoms with Gasteiger partial charge in [0.1, 0.15) is 17.8 Å². The van der Waals surface area contributed by atoms with Crippen LogP contribution >= 0.6 is 0 Å². The highest BCUT2D eigenvalue weighted by molar-refractivity contribution is 5.67. The van der Waals surface area contributed by atoms with E-state index >= 15 is 0 Å². The van der Waals surface area contributed by atoms with Crippen molar-refractivity contribution < 1.29 is 34.0 Å². The third kappa shape index (κ3) is 4.55. The summed E-state index contributed by atoms with van der Waals surface area (Å²) in [6.45, 7) is 14.8. The molecule has 1 saturated carbocycles. The maximum Gasteiger partial charge on any atom is 0.303 e. The predicted molar refractivity (Wildman–Crippen MR) is 114 cm³/mol. The van der Waals surface area contributed by atoms with Crippen molar-refractivity contribution in [1.29, 1.82) is 0 Å². The summed E-state index contributed by atoms with van der Waals surface area (Å²) in [5.74, 6) is -0.507. The monoisotopic (exact) mass is 438 g/mol. The first-order chi connectivity index (χ1) is 14.3. The fraction of sp³-hybridized carbons (Fsp3) is 0.833. The molecule has 3 fully saturated rings. The largest absolute Gasteiger partial charge is 0.458 e. The van der Waals surface area contributed by atoms with E-state index < -0.39 is 41.6 Å². The summed E-state index contributed by atoms with van der Waals surface area (Å²) in [7, 11) is 0. The number of fused-ring (bicyclic) bond motifs is 5. The van der Waals surface area contributed by atoms with E-state index in [1.165, 1.54) is 13.8 Å². The molecular formula is C24H38O7. The molecule has 0 aromatic carbocycles. The average Bonchev–Trinajstić information content (AvgIpc) is 3.00. The van der Waals surface area contributed by atoms with E-state index in [1.807, 2.05) is 6.92 Å². The van der Waals surface area contributed by atoms with E-state index in [1.54, 1.807) is 6.92 Å². The second-order valence-electron chi connectivity index (χ2n) is 10.5. The number of carbonyl (C=O) groups excluding carboxylic acids is 2. The van der Waals surface area contributed by atoms with Crippen molar-refractivity contribution in [3.63, 3.8) is 0 Å². The average molecular weight is 439 g/mol. The van der Waals surface area contributed by atoms with Crippen molar-refractivity contribution in [2.24, 2.45) is 23.7 Å². The minimum atomic E-state index is -1.37. The molecule has 2 heterocycles. The maximum atomic E-state index is 12.0. The van der Waals surface area contributed by atoms with Gasteiger partial charge in [0.25, 0.3) is 0 Å². The van der Waals surface area contributed by atoms with Gasteiger partial charge in [0.15, 0.2) is 0 Å². The number of aliphatic hydroxyl groups excluding tert-OH is 1. The fourth-order valence-electron chi connectivity index (χ4n) is 6.17. The molecule has 0 amide bonds. The summed E-state index contributed by atoms with van der Waals surface area (Å²) in [6, 6.07) is 0. The Labute approximate surface area is 185 Å². The van der Waals surface area contributed by atoms with Crippen LogP contribution in [0.5, 0.6) is 0 Å². The SMILES string of the molecule is C=C1C(OC(C)=O)CC(C(C)C)C2C1C1CC(C)(O)C(O)CCC(C)(OC(C)=O)C2O1. The van der Waals surface area contributed by atoms with Crippen LogP contribution in [0.1, 0.15) is 67.2 Å². The van der Waals surface area contributed by atoms with Gasteiger partial charge in [0, 0.05) is 32.1 Å². The lowest BCUT2D eigenvalue weighted by Crippen LogP contribution is -2.53. The van der Waals surface area contributed by atoms with Crippen LogP contribution in [0.25, 0.3) is 0 Å². The Morgan fingerprint density at radius 1 is 1.23 bits per heavy atom. The van der Waals surface area contributed by atoms with Crippen LogP contribution in [0, 0.1) is 23.7 Å². The van der Waals surface area contributed by atoms with Crippen molar-refractivity contribution in [2.45, 2.75) is 103 Å². The molecule has 1 aliphatic carbocycles. The normalized spacial score (nSPS) is 45.3. The summed E-state index contributed by atoms with van der Waals surface area (Å²) in [6.07, 6.45) is -0.717. The Bertz CT molecular complexity index is 729. The van der Waals surface area contributed by atoms with E-state index in [9.17, 15) is 19.8 Å². The zero-order valence-corrected chi connectivity index (χ0v) is 19.6. The van der Waals surface area contributed by atoms with Crippen molar-refractivity contribution in [3.8, 4) is 0 Å². The van der Waals surface area contributed by atoms with E-state index in [-0.39, 0.29) is 36.1 Å². The molecule has 0 spiro atoms. The summed E-state index contributed by atoms with van der Waals surface area (Å²) in [5.41, 5.74) is -1.54. The lowest BCUT2D eigenvalue weighted by Gasteiger charge is -2.47. The summed E-state index contributed by atoms with van der Waals surface area (Å²) >= 11 is 0. The van der Waals surface area contributed by atoms with E-state index in [4.69, 9.17) is 14.2 Å². The van der Waals surface area contributed by atoms with Gasteiger partial charge in [-0.25, -0.2) is 0 Å². The number of hydrogen-bond donors (Lipinski definition) is 2. The smallest absolute Gasteiger partial charge is 0.303 e. The van der Waals surface area contributed by atoms with Crippen molar-refractivity contribution in [1.82, 2.24) is 0 Å². The molecule has 7 heteroatoms. The van der Waals surface area contributed by atoms with Crippen LogP contribution in [0.2, 0.25) is 0 Å². The summed E-state index contributed by atoms with van der Waals surface area (Å²) in [5, 5.41) is 21.8. The number of ether oxygens (including phenoxy) is 3. The number of aliphatic hydroxyl groups is 2. The van der Waals surface area contributed by atoms with Crippen molar-refractivity contribution in [3.05, 3.63) is 12.2 Å². The minimum Gasteiger partial charge on any atom is -0.458 e. The highest BCUT2D eigenvalue weighted by atomic mass is 16.6. The Morgan fingerprint density at radius 2 is 1.87 bits per heavy atom. The number of rotatable bonds is 3. The van der Waals surface area contributed by atoms with Crippen LogP contribution in [0.3, 0.4) is 0 Å². The molecule has 31 heavy (non-hydrogen) atoms. The van der Waals surface area contributed by atoms with Gasteiger partial charge < -0.3 is 24.4 Å². The lowest BCUT2D eigenvalue weighted by molar-refractivity contribution is -0.180. The Morgan fingerprint density at radius 3 is 2.42 bits per heavy atom. The molecule has 0 aromatic rings. The zero-order valence-electron chi connectivity index (χ0n) is 19.6. The van der Waals surface area contributed by atoms with Crippen LogP contribution in [-0.2, 0) is 23.8 Å². The Kier molecular flexibility index (Phi) is 6.63. The Balaban J connectivity index is 2.10. The number of hydrogen-bond acceptors (Lipinski definition) is 7. The van der Waals surface area contributed by atoms with E-state index in [0.29, 0.717) is 19.3 Å². The highest BCUT2D eigenvalue weighted by Gasteiger charge is 2.61. The zero-order chi connectivity index (χ0) is 23.3. The molecule has 3 rings (SSSR count). The molecule has 0 aromatic heterocycles. The third-order valence-corrected chi connectivity index (χ3v) is 7.70.